The first kappa shape index (κ1) is 25.4. The fraction of sp³-hybridized carbons (Fsp3) is 0.640. The van der Waals surface area contributed by atoms with Gasteiger partial charge >= 0.3 is 0 Å². The number of anilines is 1. The molecule has 5 rings (SSSR count). The van der Waals surface area contributed by atoms with E-state index in [2.05, 4.69) is 17.2 Å². The van der Waals surface area contributed by atoms with Crippen molar-refractivity contribution in [3.8, 4) is 0 Å². The molecule has 196 valence electrons. The fourth-order valence-corrected chi connectivity index (χ4v) is 6.63. The molecule has 0 spiro atoms. The largest absolute Gasteiger partial charge is 0.372 e. The van der Waals surface area contributed by atoms with Gasteiger partial charge in [-0.1, -0.05) is 19.3 Å². The van der Waals surface area contributed by atoms with Crippen LogP contribution in [0, 0.1) is 11.7 Å². The zero-order valence-corrected chi connectivity index (χ0v) is 21.6. The molecule has 1 aromatic rings. The van der Waals surface area contributed by atoms with Crippen molar-refractivity contribution in [2.75, 3.05) is 30.4 Å². The van der Waals surface area contributed by atoms with Gasteiger partial charge in [0.1, 0.15) is 24.0 Å². The number of aliphatic hydroxyl groups is 2. The topological polar surface area (TPSA) is 105 Å². The van der Waals surface area contributed by atoms with E-state index in [0.717, 1.165) is 30.5 Å². The second kappa shape index (κ2) is 10.6. The van der Waals surface area contributed by atoms with E-state index >= 15 is 0 Å². The lowest BCUT2D eigenvalue weighted by molar-refractivity contribution is -0.121. The lowest BCUT2D eigenvalue weighted by Crippen LogP contribution is -2.56. The Morgan fingerprint density at radius 2 is 2.03 bits per heavy atom. The summed E-state index contributed by atoms with van der Waals surface area (Å²) in [5.74, 6) is 0.689. The van der Waals surface area contributed by atoms with Gasteiger partial charge in [0.25, 0.3) is 0 Å². The molecule has 4 atom stereocenters. The maximum absolute atomic E-state index is 13.3. The highest BCUT2D eigenvalue weighted by Gasteiger charge is 2.51. The van der Waals surface area contributed by atoms with E-state index < -0.39 is 18.3 Å². The number of amides is 1. The highest BCUT2D eigenvalue weighted by Crippen LogP contribution is 2.42. The average Bonchev–Trinajstić information content (AvgIpc) is 3.47. The van der Waals surface area contributed by atoms with E-state index in [-0.39, 0.29) is 30.5 Å². The maximum atomic E-state index is 13.3. The van der Waals surface area contributed by atoms with Gasteiger partial charge < -0.3 is 20.4 Å². The molecule has 0 radical (unpaired) electrons. The summed E-state index contributed by atoms with van der Waals surface area (Å²) in [4.78, 5) is 20.9. The van der Waals surface area contributed by atoms with E-state index in [1.54, 1.807) is 16.8 Å². The summed E-state index contributed by atoms with van der Waals surface area (Å²) in [6.07, 6.45) is 7.30. The smallest absolute Gasteiger partial charge is 0.245 e. The Hall–Kier alpha value is -2.21. The lowest BCUT2D eigenvalue weighted by Gasteiger charge is -2.44. The second-order valence-corrected chi connectivity index (χ2v) is 11.1. The minimum atomic E-state index is -0.940. The molecule has 1 amide bonds. The number of pyridine rings is 1. The van der Waals surface area contributed by atoms with Crippen LogP contribution in [0.4, 0.5) is 10.2 Å². The molecule has 1 saturated carbocycles. The molecule has 11 heteroatoms. The number of aromatic nitrogens is 1. The van der Waals surface area contributed by atoms with Crippen LogP contribution in [0.5, 0.6) is 0 Å². The van der Waals surface area contributed by atoms with Crippen LogP contribution in [0.2, 0.25) is 0 Å². The van der Waals surface area contributed by atoms with Crippen LogP contribution < -0.4 is 5.32 Å². The molecular formula is C25H35FN6O3S. The number of aliphatic hydroxyl groups excluding tert-OH is 2. The van der Waals surface area contributed by atoms with Crippen molar-refractivity contribution in [1.82, 2.24) is 19.8 Å². The van der Waals surface area contributed by atoms with Gasteiger partial charge in [-0.2, -0.15) is 16.9 Å². The van der Waals surface area contributed by atoms with Gasteiger partial charge in [0.05, 0.1) is 18.4 Å². The summed E-state index contributed by atoms with van der Waals surface area (Å²) < 4.78 is 13.3. The van der Waals surface area contributed by atoms with Crippen LogP contribution in [0.1, 0.15) is 45.4 Å². The number of nitrogens with one attached hydrogen (secondary N) is 1. The predicted octanol–water partition coefficient (Wildman–Crippen LogP) is 2.40. The molecule has 0 unspecified atom stereocenters. The van der Waals surface area contributed by atoms with Crippen molar-refractivity contribution in [2.24, 2.45) is 11.0 Å². The number of carbonyl (C=O) groups is 1. The van der Waals surface area contributed by atoms with Gasteiger partial charge in [0, 0.05) is 36.0 Å². The van der Waals surface area contributed by atoms with Crippen LogP contribution in [0.3, 0.4) is 0 Å². The molecule has 0 aromatic carbocycles. The number of hydrogen-bond donors (Lipinski definition) is 3. The molecule has 1 fully saturated rings. The summed E-state index contributed by atoms with van der Waals surface area (Å²) in [5.41, 5.74) is 2.36. The van der Waals surface area contributed by atoms with Gasteiger partial charge in [-0.25, -0.2) is 14.4 Å². The maximum Gasteiger partial charge on any atom is 0.245 e. The number of carbonyl (C=O) groups excluding carboxylic acids is 1. The van der Waals surface area contributed by atoms with E-state index in [9.17, 15) is 19.4 Å². The summed E-state index contributed by atoms with van der Waals surface area (Å²) in [7, 11) is 0. The normalized spacial score (nSPS) is 27.7. The average molecular weight is 519 g/mol. The molecule has 3 N–H and O–H groups in total. The molecule has 1 aromatic heterocycles. The Bertz CT molecular complexity index is 1030. The third-order valence-electron chi connectivity index (χ3n) is 7.77. The molecule has 1 aliphatic carbocycles. The third kappa shape index (κ3) is 4.85. The van der Waals surface area contributed by atoms with Crippen molar-refractivity contribution >= 4 is 29.2 Å². The summed E-state index contributed by atoms with van der Waals surface area (Å²) in [6.45, 7) is 2.43. The van der Waals surface area contributed by atoms with Gasteiger partial charge in [-0.3, -0.25) is 9.69 Å². The Labute approximate surface area is 215 Å². The van der Waals surface area contributed by atoms with Crippen LogP contribution in [0.25, 0.3) is 0 Å². The quantitative estimate of drug-likeness (QED) is 0.506. The van der Waals surface area contributed by atoms with Crippen molar-refractivity contribution in [3.05, 3.63) is 35.4 Å². The Balaban J connectivity index is 1.41. The number of hydrogen-bond acceptors (Lipinski definition) is 9. The van der Waals surface area contributed by atoms with E-state index in [4.69, 9.17) is 5.10 Å². The first-order valence-electron chi connectivity index (χ1n) is 12.7. The minimum Gasteiger partial charge on any atom is -0.372 e. The van der Waals surface area contributed by atoms with Gasteiger partial charge in [0.15, 0.2) is 6.23 Å². The first-order chi connectivity index (χ1) is 17.4. The standard InChI is InChI=1S/C25H35FN6O3S/c1-15(14-36-2)30-12-18-23(25(30)35)31(13-21(33)28-20-9-8-17(26)11-27-20)22-10-19(29-32(22)24(18)34)16-6-4-3-5-7-16/h8-9,11,15-16,22,24-25,34-35H,3-7,10,12-14H2,1-2H3,(H,27,28,33)/t15-,22-,24-,25-/m0/s1. The molecular weight excluding hydrogens is 483 g/mol. The zero-order chi connectivity index (χ0) is 25.4. The molecule has 3 aliphatic heterocycles. The number of hydrazone groups is 1. The number of fused-ring (bicyclic) bond motifs is 1. The summed E-state index contributed by atoms with van der Waals surface area (Å²) in [5, 5.41) is 32.1. The van der Waals surface area contributed by atoms with Crippen LogP contribution in [-0.2, 0) is 4.79 Å². The summed E-state index contributed by atoms with van der Waals surface area (Å²) >= 11 is 1.70. The molecule has 4 aliphatic rings. The zero-order valence-electron chi connectivity index (χ0n) is 20.8. The SMILES string of the molecule is CSC[C@H](C)N1CC2=C([C@@H]1O)N(CC(=O)Nc1ccc(F)cn1)[C@@H]1CC(C3CCCCC3)=NN1[C@H]2O. The fourth-order valence-electron chi connectivity index (χ4n) is 5.96. The van der Waals surface area contributed by atoms with Crippen molar-refractivity contribution in [2.45, 2.75) is 70.1 Å². The van der Waals surface area contributed by atoms with Gasteiger partial charge in [0.2, 0.25) is 5.91 Å². The molecule has 36 heavy (non-hydrogen) atoms. The Morgan fingerprint density at radius 3 is 2.72 bits per heavy atom. The van der Waals surface area contributed by atoms with Crippen LogP contribution in [0.15, 0.2) is 34.7 Å². The molecule has 0 saturated heterocycles. The monoisotopic (exact) mass is 518 g/mol. The van der Waals surface area contributed by atoms with Gasteiger partial charge in [-0.05, 0) is 44.1 Å². The molecule has 4 heterocycles. The van der Waals surface area contributed by atoms with Crippen LogP contribution in [-0.4, -0.2) is 91.4 Å². The number of halogens is 1. The minimum absolute atomic E-state index is 0.0406. The molecule has 9 nitrogen and oxygen atoms in total. The first-order valence-corrected chi connectivity index (χ1v) is 14.1. The van der Waals surface area contributed by atoms with Crippen molar-refractivity contribution < 1.29 is 19.4 Å². The highest BCUT2D eigenvalue weighted by atomic mass is 32.2. The van der Waals surface area contributed by atoms with E-state index in [1.807, 2.05) is 16.1 Å². The number of thioether (sulfide) groups is 1. The molecule has 0 bridgehead atoms. The Kier molecular flexibility index (Phi) is 7.52. The second-order valence-electron chi connectivity index (χ2n) is 10.2. The van der Waals surface area contributed by atoms with E-state index in [0.29, 0.717) is 30.2 Å². The lowest BCUT2D eigenvalue weighted by atomic mass is 9.84. The van der Waals surface area contributed by atoms with Crippen molar-refractivity contribution in [3.63, 3.8) is 0 Å². The highest BCUT2D eigenvalue weighted by molar-refractivity contribution is 7.98. The Morgan fingerprint density at radius 1 is 1.25 bits per heavy atom. The third-order valence-corrected chi connectivity index (χ3v) is 8.59. The number of nitrogens with zero attached hydrogens (tertiary/aromatic N) is 5. The predicted molar refractivity (Wildman–Crippen MR) is 137 cm³/mol. The van der Waals surface area contributed by atoms with Crippen molar-refractivity contribution in [1.29, 1.82) is 0 Å². The van der Waals surface area contributed by atoms with Crippen LogP contribution >= 0.6 is 11.8 Å². The number of rotatable bonds is 7. The van der Waals surface area contributed by atoms with E-state index in [1.165, 1.54) is 31.4 Å². The summed E-state index contributed by atoms with van der Waals surface area (Å²) in [6, 6.07) is 2.75. The van der Waals surface area contributed by atoms with Gasteiger partial charge in [-0.15, -0.1) is 0 Å².